The van der Waals surface area contributed by atoms with Crippen molar-refractivity contribution < 1.29 is 0 Å². The highest BCUT2D eigenvalue weighted by atomic mass is 127. The summed E-state index contributed by atoms with van der Waals surface area (Å²) >= 11 is 1.76. The van der Waals surface area contributed by atoms with Crippen LogP contribution in [-0.2, 0) is 12.8 Å². The summed E-state index contributed by atoms with van der Waals surface area (Å²) in [6, 6.07) is 0. The Hall–Kier alpha value is -0.630. The van der Waals surface area contributed by atoms with E-state index >= 15 is 0 Å². The van der Waals surface area contributed by atoms with E-state index in [-0.39, 0.29) is 24.0 Å². The Morgan fingerprint density at radius 3 is 2.74 bits per heavy atom. The summed E-state index contributed by atoms with van der Waals surface area (Å²) in [6.07, 6.45) is 1.88. The second-order valence-corrected chi connectivity index (χ2v) is 5.59. The summed E-state index contributed by atoms with van der Waals surface area (Å²) < 4.78 is 0. The molecule has 6 heteroatoms. The number of aryl methyl sites for hydroxylation is 2. The quantitative estimate of drug-likeness (QED) is 0.338. The Labute approximate surface area is 136 Å². The number of hydrogen-bond acceptors (Lipinski definition) is 3. The third-order valence-corrected chi connectivity index (χ3v) is 3.51. The van der Waals surface area contributed by atoms with Crippen LogP contribution < -0.4 is 11.1 Å². The van der Waals surface area contributed by atoms with Gasteiger partial charge in [0.1, 0.15) is 0 Å². The number of guanidine groups is 1. The largest absolute Gasteiger partial charge is 0.370 e. The van der Waals surface area contributed by atoms with Crippen LogP contribution >= 0.6 is 35.3 Å². The molecule has 0 saturated carbocycles. The van der Waals surface area contributed by atoms with E-state index in [1.807, 2.05) is 6.92 Å². The number of rotatable bonds is 6. The number of aliphatic imine (C=N–C) groups is 1. The molecule has 0 atom stereocenters. The summed E-state index contributed by atoms with van der Waals surface area (Å²) in [5, 5.41) is 4.24. The highest BCUT2D eigenvalue weighted by Crippen LogP contribution is 2.17. The lowest BCUT2D eigenvalue weighted by molar-refractivity contribution is 0.839. The first-order chi connectivity index (χ1) is 8.52. The van der Waals surface area contributed by atoms with E-state index in [4.69, 9.17) is 5.73 Å². The molecule has 19 heavy (non-hydrogen) atoms. The molecule has 4 nitrogen and oxygen atoms in total. The molecule has 0 aliphatic rings. The average molecular weight is 394 g/mol. The maximum atomic E-state index is 5.73. The summed E-state index contributed by atoms with van der Waals surface area (Å²) in [5.74, 6) is 0.474. The molecule has 1 aromatic heterocycles. The van der Waals surface area contributed by atoms with Crippen LogP contribution in [0, 0.1) is 6.92 Å². The molecule has 108 valence electrons. The Morgan fingerprint density at radius 2 is 2.21 bits per heavy atom. The lowest BCUT2D eigenvalue weighted by Gasteiger charge is -2.03. The molecule has 1 rings (SSSR count). The van der Waals surface area contributed by atoms with Crippen LogP contribution in [0.5, 0.6) is 0 Å². The van der Waals surface area contributed by atoms with E-state index in [0.29, 0.717) is 12.5 Å². The zero-order valence-electron chi connectivity index (χ0n) is 11.8. The topological polar surface area (TPSA) is 63.3 Å². The van der Waals surface area contributed by atoms with Crippen LogP contribution in [0.25, 0.3) is 0 Å². The molecule has 1 heterocycles. The molecule has 1 aromatic rings. The lowest BCUT2D eigenvalue weighted by atomic mass is 10.3. The molecule has 0 aromatic carbocycles. The number of thiazole rings is 1. The number of nitrogens with one attached hydrogen (secondary N) is 1. The summed E-state index contributed by atoms with van der Waals surface area (Å²) in [7, 11) is 0. The molecule has 0 fully saturated rings. The van der Waals surface area contributed by atoms with Crippen LogP contribution in [0.4, 0.5) is 0 Å². The van der Waals surface area contributed by atoms with Gasteiger partial charge in [-0.05, 0) is 20.3 Å². The Bertz CT molecular complexity index is 440. The first-order valence-corrected chi connectivity index (χ1v) is 6.98. The van der Waals surface area contributed by atoms with Gasteiger partial charge in [0, 0.05) is 17.8 Å². The summed E-state index contributed by atoms with van der Waals surface area (Å²) in [6.45, 7) is 11.3. The van der Waals surface area contributed by atoms with Gasteiger partial charge >= 0.3 is 0 Å². The highest BCUT2D eigenvalue weighted by molar-refractivity contribution is 14.0. The molecule has 0 saturated heterocycles. The van der Waals surface area contributed by atoms with Crippen LogP contribution in [0.2, 0.25) is 0 Å². The lowest BCUT2D eigenvalue weighted by Crippen LogP contribution is -2.33. The molecule has 0 amide bonds. The summed E-state index contributed by atoms with van der Waals surface area (Å²) in [5.41, 5.74) is 7.94. The molecular formula is C13H23IN4S. The number of halogens is 1. The SMILES string of the molecule is C=C(C)CN=C(N)NCCc1nc(CC)c(C)s1.I. The minimum absolute atomic E-state index is 0. The van der Waals surface area contributed by atoms with E-state index in [9.17, 15) is 0 Å². The average Bonchev–Trinajstić information content (AvgIpc) is 2.67. The molecule has 0 bridgehead atoms. The maximum Gasteiger partial charge on any atom is 0.188 e. The number of aromatic nitrogens is 1. The molecule has 0 unspecified atom stereocenters. The van der Waals surface area contributed by atoms with Crippen molar-refractivity contribution in [3.8, 4) is 0 Å². The standard InChI is InChI=1S/C13H22N4S.HI/c1-5-11-10(4)18-12(17-11)6-7-15-13(14)16-8-9(2)3;/h2,5-8H2,1,3-4H3,(H3,14,15,16);1H. The van der Waals surface area contributed by atoms with Gasteiger partial charge in [0.2, 0.25) is 0 Å². The highest BCUT2D eigenvalue weighted by Gasteiger charge is 2.05. The van der Waals surface area contributed by atoms with E-state index in [2.05, 4.69) is 35.7 Å². The predicted molar refractivity (Wildman–Crippen MR) is 94.7 cm³/mol. The maximum absolute atomic E-state index is 5.73. The second kappa shape index (κ2) is 9.30. The van der Waals surface area contributed by atoms with Gasteiger partial charge in [-0.1, -0.05) is 19.1 Å². The predicted octanol–water partition coefficient (Wildman–Crippen LogP) is 2.65. The van der Waals surface area contributed by atoms with Gasteiger partial charge in [-0.2, -0.15) is 0 Å². The van der Waals surface area contributed by atoms with E-state index < -0.39 is 0 Å². The fraction of sp³-hybridized carbons (Fsp3) is 0.538. The van der Waals surface area contributed by atoms with Gasteiger partial charge in [0.05, 0.1) is 17.2 Å². The van der Waals surface area contributed by atoms with Gasteiger partial charge in [0.15, 0.2) is 5.96 Å². The molecular weight excluding hydrogens is 371 g/mol. The second-order valence-electron chi connectivity index (χ2n) is 4.30. The van der Waals surface area contributed by atoms with Gasteiger partial charge in [-0.3, -0.25) is 0 Å². The first-order valence-electron chi connectivity index (χ1n) is 6.16. The van der Waals surface area contributed by atoms with Gasteiger partial charge in [-0.25, -0.2) is 9.98 Å². The summed E-state index contributed by atoms with van der Waals surface area (Å²) in [4.78, 5) is 10.1. The third kappa shape index (κ3) is 6.91. The molecule has 0 spiro atoms. The molecule has 0 radical (unpaired) electrons. The smallest absolute Gasteiger partial charge is 0.188 e. The fourth-order valence-corrected chi connectivity index (χ4v) is 2.52. The van der Waals surface area contributed by atoms with E-state index in [0.717, 1.165) is 30.0 Å². The van der Waals surface area contributed by atoms with Crippen molar-refractivity contribution in [3.05, 3.63) is 27.7 Å². The van der Waals surface area contributed by atoms with Crippen molar-refractivity contribution in [2.75, 3.05) is 13.1 Å². The van der Waals surface area contributed by atoms with Crippen LogP contribution in [0.15, 0.2) is 17.1 Å². The monoisotopic (exact) mass is 394 g/mol. The number of hydrogen-bond donors (Lipinski definition) is 2. The Balaban J connectivity index is 0.00000324. The normalized spacial score (nSPS) is 11.0. The Morgan fingerprint density at radius 1 is 1.53 bits per heavy atom. The van der Waals surface area contributed by atoms with Crippen molar-refractivity contribution in [3.63, 3.8) is 0 Å². The Kier molecular flexibility index (Phi) is 8.99. The van der Waals surface area contributed by atoms with E-state index in [1.165, 1.54) is 10.6 Å². The van der Waals surface area contributed by atoms with E-state index in [1.54, 1.807) is 11.3 Å². The fourth-order valence-electron chi connectivity index (χ4n) is 1.50. The van der Waals surface area contributed by atoms with Gasteiger partial charge in [-0.15, -0.1) is 35.3 Å². The zero-order valence-corrected chi connectivity index (χ0v) is 15.0. The van der Waals surface area contributed by atoms with Crippen molar-refractivity contribution in [1.82, 2.24) is 10.3 Å². The van der Waals surface area contributed by atoms with Gasteiger partial charge in [0.25, 0.3) is 0 Å². The van der Waals surface area contributed by atoms with Gasteiger partial charge < -0.3 is 11.1 Å². The number of nitrogens with two attached hydrogens (primary N) is 1. The third-order valence-electron chi connectivity index (χ3n) is 2.44. The van der Waals surface area contributed by atoms with Crippen LogP contribution in [0.1, 0.15) is 29.4 Å². The van der Waals surface area contributed by atoms with Crippen LogP contribution in [-0.4, -0.2) is 24.0 Å². The minimum atomic E-state index is 0. The van der Waals surface area contributed by atoms with Crippen LogP contribution in [0.3, 0.4) is 0 Å². The first kappa shape index (κ1) is 18.4. The zero-order chi connectivity index (χ0) is 13.5. The van der Waals surface area contributed by atoms with Crippen molar-refractivity contribution >= 4 is 41.3 Å². The van der Waals surface area contributed by atoms with Crippen molar-refractivity contribution in [2.24, 2.45) is 10.7 Å². The minimum Gasteiger partial charge on any atom is -0.370 e. The van der Waals surface area contributed by atoms with Crippen molar-refractivity contribution in [1.29, 1.82) is 0 Å². The molecule has 0 aliphatic carbocycles. The molecule has 0 aliphatic heterocycles. The number of nitrogens with zero attached hydrogens (tertiary/aromatic N) is 2. The molecule has 3 N–H and O–H groups in total. The van der Waals surface area contributed by atoms with Crippen molar-refractivity contribution in [2.45, 2.75) is 33.6 Å².